The average molecular weight is 259 g/mol. The summed E-state index contributed by atoms with van der Waals surface area (Å²) in [7, 11) is 0. The second kappa shape index (κ2) is 8.28. The van der Waals surface area contributed by atoms with Gasteiger partial charge in [-0.05, 0) is 43.8 Å². The van der Waals surface area contributed by atoms with Crippen molar-refractivity contribution in [1.82, 2.24) is 10.2 Å². The van der Waals surface area contributed by atoms with Gasteiger partial charge in [-0.2, -0.15) is 5.26 Å². The Morgan fingerprint density at radius 3 is 2.47 bits per heavy atom. The van der Waals surface area contributed by atoms with Crippen molar-refractivity contribution in [3.05, 3.63) is 35.4 Å². The number of amides is 1. The maximum atomic E-state index is 11.9. The predicted molar refractivity (Wildman–Crippen MR) is 75.9 cm³/mol. The largest absolute Gasteiger partial charge is 0.351 e. The summed E-state index contributed by atoms with van der Waals surface area (Å²) in [6.07, 6.45) is 1.12. The first-order chi connectivity index (χ1) is 9.21. The van der Waals surface area contributed by atoms with Crippen LogP contribution in [0.25, 0.3) is 0 Å². The molecule has 0 bridgehead atoms. The SMILES string of the molecule is CCCN(CC)CCNC(=O)c1ccc(C#N)cc1. The van der Waals surface area contributed by atoms with Crippen molar-refractivity contribution in [3.8, 4) is 6.07 Å². The molecule has 0 atom stereocenters. The molecule has 0 heterocycles. The van der Waals surface area contributed by atoms with Crippen LogP contribution in [0.3, 0.4) is 0 Å². The van der Waals surface area contributed by atoms with Gasteiger partial charge in [0.05, 0.1) is 11.6 Å². The van der Waals surface area contributed by atoms with Crippen molar-refractivity contribution in [3.63, 3.8) is 0 Å². The number of nitrogens with one attached hydrogen (secondary N) is 1. The number of benzene rings is 1. The first-order valence-electron chi connectivity index (χ1n) is 6.72. The van der Waals surface area contributed by atoms with Gasteiger partial charge in [0, 0.05) is 18.7 Å². The third-order valence-electron chi connectivity index (χ3n) is 2.98. The van der Waals surface area contributed by atoms with Crippen molar-refractivity contribution in [1.29, 1.82) is 5.26 Å². The lowest BCUT2D eigenvalue weighted by Gasteiger charge is -2.19. The van der Waals surface area contributed by atoms with Crippen LogP contribution >= 0.6 is 0 Å². The number of rotatable bonds is 7. The number of carbonyl (C=O) groups is 1. The zero-order valence-electron chi connectivity index (χ0n) is 11.6. The molecule has 0 spiro atoms. The summed E-state index contributed by atoms with van der Waals surface area (Å²) < 4.78 is 0. The predicted octanol–water partition coefficient (Wildman–Crippen LogP) is 2.02. The number of hydrogen-bond donors (Lipinski definition) is 1. The van der Waals surface area contributed by atoms with E-state index in [1.165, 1.54) is 0 Å². The lowest BCUT2D eigenvalue weighted by molar-refractivity contribution is 0.0948. The molecule has 1 rings (SSSR count). The molecule has 0 aliphatic heterocycles. The summed E-state index contributed by atoms with van der Waals surface area (Å²) in [5.74, 6) is -0.0861. The van der Waals surface area contributed by atoms with Crippen LogP contribution in [0.2, 0.25) is 0 Å². The molecule has 0 saturated carbocycles. The fraction of sp³-hybridized carbons (Fsp3) is 0.467. The highest BCUT2D eigenvalue weighted by Crippen LogP contribution is 2.02. The minimum absolute atomic E-state index is 0.0861. The van der Waals surface area contributed by atoms with E-state index in [1.807, 2.05) is 6.07 Å². The zero-order chi connectivity index (χ0) is 14.1. The molecule has 1 aromatic carbocycles. The van der Waals surface area contributed by atoms with Gasteiger partial charge < -0.3 is 10.2 Å². The quantitative estimate of drug-likeness (QED) is 0.815. The van der Waals surface area contributed by atoms with E-state index in [4.69, 9.17) is 5.26 Å². The normalized spacial score (nSPS) is 10.2. The van der Waals surface area contributed by atoms with E-state index in [2.05, 4.69) is 24.1 Å². The molecular formula is C15H21N3O. The Hall–Kier alpha value is -1.86. The molecule has 4 nitrogen and oxygen atoms in total. The van der Waals surface area contributed by atoms with E-state index >= 15 is 0 Å². The van der Waals surface area contributed by atoms with Crippen LogP contribution < -0.4 is 5.32 Å². The standard InChI is InChI=1S/C15H21N3O/c1-3-10-18(4-2)11-9-17-15(19)14-7-5-13(12-16)6-8-14/h5-8H,3-4,9-11H2,1-2H3,(H,17,19). The number of nitrogens with zero attached hydrogens (tertiary/aromatic N) is 2. The van der Waals surface area contributed by atoms with Crippen molar-refractivity contribution >= 4 is 5.91 Å². The van der Waals surface area contributed by atoms with E-state index in [0.29, 0.717) is 17.7 Å². The fourth-order valence-corrected chi connectivity index (χ4v) is 1.87. The number of hydrogen-bond acceptors (Lipinski definition) is 3. The Labute approximate surface area is 115 Å². The van der Waals surface area contributed by atoms with Gasteiger partial charge in [0.25, 0.3) is 5.91 Å². The van der Waals surface area contributed by atoms with Gasteiger partial charge in [0.15, 0.2) is 0 Å². The lowest BCUT2D eigenvalue weighted by atomic mass is 10.1. The highest BCUT2D eigenvalue weighted by molar-refractivity contribution is 5.94. The Morgan fingerprint density at radius 2 is 1.95 bits per heavy atom. The highest BCUT2D eigenvalue weighted by Gasteiger charge is 2.06. The van der Waals surface area contributed by atoms with Crippen LogP contribution in [0.4, 0.5) is 0 Å². The van der Waals surface area contributed by atoms with Gasteiger partial charge in [0.2, 0.25) is 0 Å². The smallest absolute Gasteiger partial charge is 0.251 e. The van der Waals surface area contributed by atoms with Gasteiger partial charge in [-0.25, -0.2) is 0 Å². The summed E-state index contributed by atoms with van der Waals surface area (Å²) >= 11 is 0. The van der Waals surface area contributed by atoms with E-state index in [1.54, 1.807) is 24.3 Å². The monoisotopic (exact) mass is 259 g/mol. The Balaban J connectivity index is 2.40. The maximum Gasteiger partial charge on any atom is 0.251 e. The molecule has 19 heavy (non-hydrogen) atoms. The number of likely N-dealkylation sites (N-methyl/N-ethyl adjacent to an activating group) is 1. The maximum absolute atomic E-state index is 11.9. The molecule has 4 heteroatoms. The van der Waals surface area contributed by atoms with Crippen LogP contribution in [-0.4, -0.2) is 37.0 Å². The minimum atomic E-state index is -0.0861. The topological polar surface area (TPSA) is 56.1 Å². The fourth-order valence-electron chi connectivity index (χ4n) is 1.87. The summed E-state index contributed by atoms with van der Waals surface area (Å²) in [6.45, 7) is 7.85. The molecule has 0 unspecified atom stereocenters. The van der Waals surface area contributed by atoms with Crippen LogP contribution in [0.15, 0.2) is 24.3 Å². The Kier molecular flexibility index (Phi) is 6.62. The number of carbonyl (C=O) groups excluding carboxylic acids is 1. The van der Waals surface area contributed by atoms with Gasteiger partial charge in [-0.1, -0.05) is 13.8 Å². The number of nitriles is 1. The summed E-state index contributed by atoms with van der Waals surface area (Å²) in [4.78, 5) is 14.2. The van der Waals surface area contributed by atoms with Crippen LogP contribution in [0, 0.1) is 11.3 Å². The van der Waals surface area contributed by atoms with E-state index in [9.17, 15) is 4.79 Å². The summed E-state index contributed by atoms with van der Waals surface area (Å²) in [5.41, 5.74) is 1.16. The van der Waals surface area contributed by atoms with Crippen molar-refractivity contribution in [2.24, 2.45) is 0 Å². The molecule has 0 aliphatic carbocycles. The summed E-state index contributed by atoms with van der Waals surface area (Å²) in [6, 6.07) is 8.70. The van der Waals surface area contributed by atoms with Crippen molar-refractivity contribution < 1.29 is 4.79 Å². The second-order valence-corrected chi connectivity index (χ2v) is 4.38. The van der Waals surface area contributed by atoms with E-state index in [0.717, 1.165) is 26.1 Å². The highest BCUT2D eigenvalue weighted by atomic mass is 16.1. The molecule has 0 aliphatic rings. The molecule has 1 amide bonds. The van der Waals surface area contributed by atoms with Crippen molar-refractivity contribution in [2.75, 3.05) is 26.2 Å². The van der Waals surface area contributed by atoms with E-state index < -0.39 is 0 Å². The first-order valence-corrected chi connectivity index (χ1v) is 6.72. The third kappa shape index (κ3) is 5.11. The Bertz CT molecular complexity index is 434. The molecule has 1 aromatic rings. The van der Waals surface area contributed by atoms with Gasteiger partial charge in [0.1, 0.15) is 0 Å². The molecule has 0 fully saturated rings. The van der Waals surface area contributed by atoms with E-state index in [-0.39, 0.29) is 5.91 Å². The lowest BCUT2D eigenvalue weighted by Crippen LogP contribution is -2.35. The molecule has 1 N–H and O–H groups in total. The van der Waals surface area contributed by atoms with Gasteiger partial charge in [-0.15, -0.1) is 0 Å². The van der Waals surface area contributed by atoms with Crippen LogP contribution in [-0.2, 0) is 0 Å². The molecule has 102 valence electrons. The molecule has 0 radical (unpaired) electrons. The zero-order valence-corrected chi connectivity index (χ0v) is 11.6. The van der Waals surface area contributed by atoms with Gasteiger partial charge >= 0.3 is 0 Å². The first kappa shape index (κ1) is 15.2. The minimum Gasteiger partial charge on any atom is -0.351 e. The molecule has 0 aromatic heterocycles. The second-order valence-electron chi connectivity index (χ2n) is 4.38. The third-order valence-corrected chi connectivity index (χ3v) is 2.98. The molecular weight excluding hydrogens is 238 g/mol. The van der Waals surface area contributed by atoms with Crippen molar-refractivity contribution in [2.45, 2.75) is 20.3 Å². The Morgan fingerprint density at radius 1 is 1.26 bits per heavy atom. The van der Waals surface area contributed by atoms with Crippen LogP contribution in [0.5, 0.6) is 0 Å². The summed E-state index contributed by atoms with van der Waals surface area (Å²) in [5, 5.41) is 11.6. The van der Waals surface area contributed by atoms with Crippen LogP contribution in [0.1, 0.15) is 36.2 Å². The average Bonchev–Trinajstić information content (AvgIpc) is 2.46. The molecule has 0 saturated heterocycles. The van der Waals surface area contributed by atoms with Gasteiger partial charge in [-0.3, -0.25) is 4.79 Å².